The lowest BCUT2D eigenvalue weighted by molar-refractivity contribution is 0.329. The van der Waals surface area contributed by atoms with E-state index < -0.39 is 0 Å². The molecule has 4 heteroatoms. The van der Waals surface area contributed by atoms with Crippen LogP contribution in [0.2, 0.25) is 0 Å². The summed E-state index contributed by atoms with van der Waals surface area (Å²) in [6.07, 6.45) is 1.07. The zero-order valence-corrected chi connectivity index (χ0v) is 9.87. The summed E-state index contributed by atoms with van der Waals surface area (Å²) in [5.74, 6) is 0.537. The summed E-state index contributed by atoms with van der Waals surface area (Å²) in [6, 6.07) is 10.5. The van der Waals surface area contributed by atoms with Gasteiger partial charge in [-0.25, -0.2) is 0 Å². The van der Waals surface area contributed by atoms with Crippen LogP contribution in [-0.2, 0) is 0 Å². The van der Waals surface area contributed by atoms with Crippen molar-refractivity contribution >= 4 is 0 Å². The van der Waals surface area contributed by atoms with Crippen LogP contribution in [0.3, 0.4) is 0 Å². The van der Waals surface area contributed by atoms with Gasteiger partial charge in [-0.05, 0) is 37.0 Å². The van der Waals surface area contributed by atoms with Gasteiger partial charge >= 0.3 is 0 Å². The molecular formula is C12H18N4. The van der Waals surface area contributed by atoms with Crippen LogP contribution in [0, 0.1) is 0 Å². The molecule has 0 aliphatic heterocycles. The summed E-state index contributed by atoms with van der Waals surface area (Å²) >= 11 is 0. The number of azide groups is 1. The van der Waals surface area contributed by atoms with E-state index in [0.29, 0.717) is 12.6 Å². The second kappa shape index (κ2) is 6.88. The highest BCUT2D eigenvalue weighted by molar-refractivity contribution is 5.18. The van der Waals surface area contributed by atoms with E-state index in [1.165, 1.54) is 5.56 Å². The Morgan fingerprint density at radius 3 is 2.69 bits per heavy atom. The van der Waals surface area contributed by atoms with Crippen LogP contribution >= 0.6 is 0 Å². The highest BCUT2D eigenvalue weighted by Crippen LogP contribution is 2.18. The van der Waals surface area contributed by atoms with E-state index in [2.05, 4.69) is 41.2 Å². The Morgan fingerprint density at radius 1 is 1.38 bits per heavy atom. The number of hydrogen-bond acceptors (Lipinski definition) is 2. The van der Waals surface area contributed by atoms with Crippen LogP contribution in [0.4, 0.5) is 0 Å². The van der Waals surface area contributed by atoms with Crippen molar-refractivity contribution in [1.82, 2.24) is 4.90 Å². The number of hydrogen-bond donors (Lipinski definition) is 0. The number of benzene rings is 1. The molecule has 1 rings (SSSR count). The number of rotatable bonds is 6. The molecule has 0 saturated carbocycles. The molecular weight excluding hydrogens is 200 g/mol. The van der Waals surface area contributed by atoms with Gasteiger partial charge in [0.25, 0.3) is 0 Å². The summed E-state index contributed by atoms with van der Waals surface area (Å²) in [7, 11) is 1.96. The Balaban J connectivity index is 2.35. The average Bonchev–Trinajstić information content (AvgIpc) is 2.34. The highest BCUT2D eigenvalue weighted by atomic mass is 15.3. The van der Waals surface area contributed by atoms with Crippen LogP contribution in [0.15, 0.2) is 35.4 Å². The first-order valence-corrected chi connectivity index (χ1v) is 5.48. The lowest BCUT2D eigenvalue weighted by Gasteiger charge is -2.17. The molecule has 0 saturated heterocycles. The van der Waals surface area contributed by atoms with E-state index in [0.717, 1.165) is 13.0 Å². The molecule has 16 heavy (non-hydrogen) atoms. The maximum atomic E-state index is 8.20. The first-order chi connectivity index (χ1) is 7.74. The normalized spacial score (nSPS) is 12.2. The zero-order chi connectivity index (χ0) is 11.8. The first-order valence-electron chi connectivity index (χ1n) is 5.48. The molecule has 0 unspecified atom stereocenters. The van der Waals surface area contributed by atoms with E-state index in [1.54, 1.807) is 0 Å². The van der Waals surface area contributed by atoms with E-state index >= 15 is 0 Å². The Morgan fingerprint density at radius 2 is 2.06 bits per heavy atom. The van der Waals surface area contributed by atoms with Crippen LogP contribution in [0.25, 0.3) is 10.4 Å². The lowest BCUT2D eigenvalue weighted by atomic mass is 9.98. The van der Waals surface area contributed by atoms with Crippen molar-refractivity contribution in [3.63, 3.8) is 0 Å². The molecule has 4 nitrogen and oxygen atoms in total. The van der Waals surface area contributed by atoms with Crippen molar-refractivity contribution in [2.45, 2.75) is 19.3 Å². The Bertz CT molecular complexity index is 343. The van der Waals surface area contributed by atoms with Crippen LogP contribution in [0.1, 0.15) is 24.8 Å². The molecule has 86 valence electrons. The van der Waals surface area contributed by atoms with Gasteiger partial charge in [-0.2, -0.15) is 0 Å². The largest absolute Gasteiger partial charge is 0.301 e. The minimum atomic E-state index is 0.442. The minimum absolute atomic E-state index is 0.442. The summed E-state index contributed by atoms with van der Waals surface area (Å²) in [6.45, 7) is 3.60. The molecule has 0 heterocycles. The number of nitrogens with zero attached hydrogens (tertiary/aromatic N) is 4. The molecule has 0 bridgehead atoms. The third-order valence-electron chi connectivity index (χ3n) is 2.68. The van der Waals surface area contributed by atoms with Gasteiger partial charge in [0.05, 0.1) is 6.67 Å². The smallest absolute Gasteiger partial charge is 0.0771 e. The van der Waals surface area contributed by atoms with Crippen molar-refractivity contribution in [3.8, 4) is 0 Å². The summed E-state index contributed by atoms with van der Waals surface area (Å²) in [5.41, 5.74) is 9.56. The summed E-state index contributed by atoms with van der Waals surface area (Å²) in [5, 5.41) is 3.53. The van der Waals surface area contributed by atoms with E-state index in [4.69, 9.17) is 5.53 Å². The second-order valence-electron chi connectivity index (χ2n) is 4.05. The lowest BCUT2D eigenvalue weighted by Crippen LogP contribution is -2.20. The van der Waals surface area contributed by atoms with Gasteiger partial charge in [0.1, 0.15) is 0 Å². The van der Waals surface area contributed by atoms with Gasteiger partial charge < -0.3 is 4.90 Å². The first kappa shape index (κ1) is 12.6. The van der Waals surface area contributed by atoms with Crippen LogP contribution in [-0.4, -0.2) is 25.2 Å². The maximum absolute atomic E-state index is 8.20. The third-order valence-corrected chi connectivity index (χ3v) is 2.68. The molecule has 0 aliphatic rings. The van der Waals surface area contributed by atoms with Gasteiger partial charge in [-0.3, -0.25) is 0 Å². The fraction of sp³-hybridized carbons (Fsp3) is 0.500. The standard InChI is InChI=1S/C12H18N4/c1-11(12-6-4-3-5-7-12)8-9-16(2)10-14-15-13/h3-7,11H,8-10H2,1-2H3/t11-/m1/s1. The van der Waals surface area contributed by atoms with E-state index in [-0.39, 0.29) is 0 Å². The summed E-state index contributed by atoms with van der Waals surface area (Å²) in [4.78, 5) is 4.77. The third kappa shape index (κ3) is 4.34. The Labute approximate surface area is 96.5 Å². The van der Waals surface area contributed by atoms with Crippen LogP contribution in [0.5, 0.6) is 0 Å². The van der Waals surface area contributed by atoms with Gasteiger partial charge in [0.15, 0.2) is 0 Å². The molecule has 0 fully saturated rings. The molecule has 0 spiro atoms. The van der Waals surface area contributed by atoms with Gasteiger partial charge in [-0.1, -0.05) is 42.4 Å². The quantitative estimate of drug-likeness (QED) is 0.410. The molecule has 1 aromatic carbocycles. The monoisotopic (exact) mass is 218 g/mol. The van der Waals surface area contributed by atoms with Crippen molar-refractivity contribution in [2.75, 3.05) is 20.3 Å². The highest BCUT2D eigenvalue weighted by Gasteiger charge is 2.05. The van der Waals surface area contributed by atoms with Crippen molar-refractivity contribution in [2.24, 2.45) is 5.11 Å². The SMILES string of the molecule is C[C@H](CCN(C)CN=[N+]=[N-])c1ccccc1. The minimum Gasteiger partial charge on any atom is -0.301 e. The molecule has 0 amide bonds. The molecule has 1 aromatic rings. The molecule has 0 aromatic heterocycles. The Kier molecular flexibility index (Phi) is 5.40. The Hall–Kier alpha value is -1.51. The van der Waals surface area contributed by atoms with E-state index in [1.807, 2.05) is 18.0 Å². The fourth-order valence-corrected chi connectivity index (χ4v) is 1.57. The topological polar surface area (TPSA) is 52.0 Å². The summed E-state index contributed by atoms with van der Waals surface area (Å²) < 4.78 is 0. The second-order valence-corrected chi connectivity index (χ2v) is 4.05. The van der Waals surface area contributed by atoms with Crippen molar-refractivity contribution in [1.29, 1.82) is 0 Å². The zero-order valence-electron chi connectivity index (χ0n) is 9.87. The molecule has 0 N–H and O–H groups in total. The molecule has 0 aliphatic carbocycles. The van der Waals surface area contributed by atoms with Crippen LogP contribution < -0.4 is 0 Å². The van der Waals surface area contributed by atoms with Gasteiger partial charge in [0.2, 0.25) is 0 Å². The fourth-order valence-electron chi connectivity index (χ4n) is 1.57. The van der Waals surface area contributed by atoms with Crippen molar-refractivity contribution < 1.29 is 0 Å². The molecule has 0 radical (unpaired) electrons. The average molecular weight is 218 g/mol. The van der Waals surface area contributed by atoms with E-state index in [9.17, 15) is 0 Å². The van der Waals surface area contributed by atoms with Gasteiger partial charge in [-0.15, -0.1) is 0 Å². The predicted octanol–water partition coefficient (Wildman–Crippen LogP) is 3.38. The predicted molar refractivity (Wildman–Crippen MR) is 66.1 cm³/mol. The molecule has 1 atom stereocenters. The maximum Gasteiger partial charge on any atom is 0.0771 e. The van der Waals surface area contributed by atoms with Crippen molar-refractivity contribution in [3.05, 3.63) is 46.3 Å². The van der Waals surface area contributed by atoms with Gasteiger partial charge in [0, 0.05) is 4.91 Å².